The highest BCUT2D eigenvalue weighted by molar-refractivity contribution is 7.17. The Morgan fingerprint density at radius 2 is 1.90 bits per heavy atom. The zero-order chi connectivity index (χ0) is 20.9. The van der Waals surface area contributed by atoms with Crippen molar-refractivity contribution in [3.05, 3.63) is 35.2 Å². The molecule has 1 aromatic carbocycles. The van der Waals surface area contributed by atoms with Gasteiger partial charge in [0.15, 0.2) is 0 Å². The molecule has 7 heteroatoms. The standard InChI is InChI=1S/C24H30N2O3S.ClH/c1-23(2)15-24(22(28)29-23)10-5-11-26(16-24)17-8-12-25(13-9-17)21(27)19-14-30-20-7-4-3-6-18(19)20;/h3-4,6-7,14,17H,5,8-13,15-16H2,1-2H3;1H. The zero-order valence-corrected chi connectivity index (χ0v) is 19.9. The number of esters is 1. The van der Waals surface area contributed by atoms with Gasteiger partial charge in [0.05, 0.1) is 11.0 Å². The van der Waals surface area contributed by atoms with Gasteiger partial charge in [-0.2, -0.15) is 0 Å². The molecule has 1 aromatic heterocycles. The molecule has 0 radical (unpaired) electrons. The minimum Gasteiger partial charge on any atom is -0.459 e. The van der Waals surface area contributed by atoms with E-state index in [4.69, 9.17) is 4.74 Å². The monoisotopic (exact) mass is 462 g/mol. The number of thiophene rings is 1. The molecule has 3 saturated heterocycles. The lowest BCUT2D eigenvalue weighted by Crippen LogP contribution is -2.53. The molecule has 3 aliphatic heterocycles. The third-order valence-electron chi connectivity index (χ3n) is 7.15. The van der Waals surface area contributed by atoms with Crippen LogP contribution in [0.4, 0.5) is 0 Å². The summed E-state index contributed by atoms with van der Waals surface area (Å²) in [5, 5.41) is 3.07. The van der Waals surface area contributed by atoms with Gasteiger partial charge in [-0.05, 0) is 52.1 Å². The summed E-state index contributed by atoms with van der Waals surface area (Å²) in [6.07, 6.45) is 4.75. The molecule has 1 amide bonds. The number of piperidine rings is 2. The maximum Gasteiger partial charge on any atom is 0.314 e. The number of hydrogen-bond acceptors (Lipinski definition) is 5. The Hall–Kier alpha value is -1.63. The van der Waals surface area contributed by atoms with Crippen LogP contribution in [-0.4, -0.2) is 59.5 Å². The number of benzene rings is 1. The Kier molecular flexibility index (Phi) is 6.10. The molecule has 0 aliphatic carbocycles. The molecular formula is C24H31ClN2O3S. The van der Waals surface area contributed by atoms with E-state index >= 15 is 0 Å². The van der Waals surface area contributed by atoms with E-state index in [0.717, 1.165) is 69.2 Å². The molecule has 3 aliphatic rings. The lowest BCUT2D eigenvalue weighted by Gasteiger charge is -2.44. The average molecular weight is 463 g/mol. The maximum atomic E-state index is 13.1. The summed E-state index contributed by atoms with van der Waals surface area (Å²) in [6, 6.07) is 8.58. The molecule has 1 atom stereocenters. The summed E-state index contributed by atoms with van der Waals surface area (Å²) in [5.74, 6) is 0.149. The number of fused-ring (bicyclic) bond motifs is 1. The van der Waals surface area contributed by atoms with Crippen LogP contribution >= 0.6 is 23.7 Å². The number of rotatable bonds is 2. The van der Waals surface area contributed by atoms with Crippen molar-refractivity contribution in [1.29, 1.82) is 0 Å². The van der Waals surface area contributed by atoms with E-state index in [1.165, 1.54) is 4.70 Å². The van der Waals surface area contributed by atoms with Crippen molar-refractivity contribution in [2.45, 2.75) is 57.6 Å². The third kappa shape index (κ3) is 4.10. The van der Waals surface area contributed by atoms with Gasteiger partial charge >= 0.3 is 5.97 Å². The molecule has 5 rings (SSSR count). The van der Waals surface area contributed by atoms with Crippen molar-refractivity contribution >= 4 is 45.7 Å². The van der Waals surface area contributed by atoms with Crippen molar-refractivity contribution in [3.63, 3.8) is 0 Å². The summed E-state index contributed by atoms with van der Waals surface area (Å²) in [5.41, 5.74) is 0.158. The molecule has 0 N–H and O–H groups in total. The Bertz CT molecular complexity index is 982. The highest BCUT2D eigenvalue weighted by atomic mass is 35.5. The van der Waals surface area contributed by atoms with Gasteiger partial charge in [-0.3, -0.25) is 14.5 Å². The number of nitrogens with zero attached hydrogens (tertiary/aromatic N) is 2. The first-order valence-electron chi connectivity index (χ1n) is 11.1. The van der Waals surface area contributed by atoms with Crippen LogP contribution in [0.15, 0.2) is 29.6 Å². The molecule has 31 heavy (non-hydrogen) atoms. The summed E-state index contributed by atoms with van der Waals surface area (Å²) >= 11 is 1.64. The fourth-order valence-electron chi connectivity index (χ4n) is 5.82. The number of carbonyl (C=O) groups excluding carboxylic acids is 2. The van der Waals surface area contributed by atoms with Crippen molar-refractivity contribution < 1.29 is 14.3 Å². The molecule has 1 spiro atoms. The van der Waals surface area contributed by atoms with Gasteiger partial charge in [-0.15, -0.1) is 23.7 Å². The van der Waals surface area contributed by atoms with Crippen molar-refractivity contribution in [3.8, 4) is 0 Å². The Morgan fingerprint density at radius 1 is 1.16 bits per heavy atom. The first-order valence-corrected chi connectivity index (χ1v) is 12.0. The van der Waals surface area contributed by atoms with E-state index in [1.54, 1.807) is 11.3 Å². The number of cyclic esters (lactones) is 1. The fourth-order valence-corrected chi connectivity index (χ4v) is 6.75. The van der Waals surface area contributed by atoms with Gasteiger partial charge in [0.2, 0.25) is 0 Å². The van der Waals surface area contributed by atoms with Crippen molar-refractivity contribution in [1.82, 2.24) is 9.80 Å². The van der Waals surface area contributed by atoms with Crippen LogP contribution in [0, 0.1) is 5.41 Å². The van der Waals surface area contributed by atoms with Crippen LogP contribution in [0.5, 0.6) is 0 Å². The number of halogens is 1. The van der Waals surface area contributed by atoms with Gasteiger partial charge < -0.3 is 9.64 Å². The molecule has 2 aromatic rings. The molecule has 0 saturated carbocycles. The number of hydrogen-bond donors (Lipinski definition) is 0. The second-order valence-electron chi connectivity index (χ2n) is 9.85. The van der Waals surface area contributed by atoms with Crippen LogP contribution in [0.3, 0.4) is 0 Å². The predicted molar refractivity (Wildman–Crippen MR) is 126 cm³/mol. The van der Waals surface area contributed by atoms with Gasteiger partial charge in [-0.1, -0.05) is 18.2 Å². The minimum absolute atomic E-state index is 0. The molecule has 3 fully saturated rings. The van der Waals surface area contributed by atoms with E-state index in [1.807, 2.05) is 42.3 Å². The minimum atomic E-state index is -0.348. The second-order valence-corrected chi connectivity index (χ2v) is 10.8. The SMILES string of the molecule is CC1(C)CC2(CCCN(C3CCN(C(=O)c4csc5ccccc45)CC3)C2)C(=O)O1.Cl. The van der Waals surface area contributed by atoms with Crippen LogP contribution in [0.2, 0.25) is 0 Å². The van der Waals surface area contributed by atoms with Gasteiger partial charge in [0, 0.05) is 47.6 Å². The Labute approximate surface area is 194 Å². The van der Waals surface area contributed by atoms with Gasteiger partial charge in [0.25, 0.3) is 5.91 Å². The Morgan fingerprint density at radius 3 is 2.61 bits per heavy atom. The van der Waals surface area contributed by atoms with E-state index in [-0.39, 0.29) is 35.3 Å². The number of amides is 1. The van der Waals surface area contributed by atoms with E-state index in [2.05, 4.69) is 11.0 Å². The average Bonchev–Trinajstić information content (AvgIpc) is 3.25. The highest BCUT2D eigenvalue weighted by Gasteiger charge is 2.54. The number of ether oxygens (including phenoxy) is 1. The molecule has 0 bridgehead atoms. The molecule has 168 valence electrons. The maximum absolute atomic E-state index is 13.1. The summed E-state index contributed by atoms with van der Waals surface area (Å²) in [4.78, 5) is 30.3. The van der Waals surface area contributed by atoms with Crippen LogP contribution in [0.1, 0.15) is 56.3 Å². The van der Waals surface area contributed by atoms with E-state index in [0.29, 0.717) is 6.04 Å². The lowest BCUT2D eigenvalue weighted by atomic mass is 9.74. The van der Waals surface area contributed by atoms with Gasteiger partial charge in [0.1, 0.15) is 5.60 Å². The number of carbonyl (C=O) groups is 2. The third-order valence-corrected chi connectivity index (χ3v) is 8.12. The smallest absolute Gasteiger partial charge is 0.314 e. The lowest BCUT2D eigenvalue weighted by molar-refractivity contribution is -0.154. The van der Waals surface area contributed by atoms with Crippen LogP contribution in [-0.2, 0) is 9.53 Å². The summed E-state index contributed by atoms with van der Waals surface area (Å²) in [7, 11) is 0. The van der Waals surface area contributed by atoms with Crippen molar-refractivity contribution in [2.75, 3.05) is 26.2 Å². The number of likely N-dealkylation sites (tertiary alicyclic amines) is 2. The van der Waals surface area contributed by atoms with Crippen LogP contribution in [0.25, 0.3) is 10.1 Å². The molecule has 5 nitrogen and oxygen atoms in total. The first-order chi connectivity index (χ1) is 14.4. The molecule has 1 unspecified atom stereocenters. The van der Waals surface area contributed by atoms with E-state index in [9.17, 15) is 9.59 Å². The fraction of sp³-hybridized carbons (Fsp3) is 0.583. The summed E-state index contributed by atoms with van der Waals surface area (Å²) in [6.45, 7) is 7.47. The normalized spacial score (nSPS) is 26.8. The summed E-state index contributed by atoms with van der Waals surface area (Å²) < 4.78 is 6.85. The highest BCUT2D eigenvalue weighted by Crippen LogP contribution is 2.46. The second kappa shape index (κ2) is 8.38. The zero-order valence-electron chi connectivity index (χ0n) is 18.3. The topological polar surface area (TPSA) is 49.9 Å². The first kappa shape index (κ1) is 22.6. The van der Waals surface area contributed by atoms with Gasteiger partial charge in [-0.25, -0.2) is 0 Å². The largest absolute Gasteiger partial charge is 0.459 e. The quantitative estimate of drug-likeness (QED) is 0.605. The predicted octanol–water partition coefficient (Wildman–Crippen LogP) is 4.74. The molecular weight excluding hydrogens is 432 g/mol. The van der Waals surface area contributed by atoms with E-state index < -0.39 is 0 Å². The Balaban J connectivity index is 0.00000231. The van der Waals surface area contributed by atoms with Crippen molar-refractivity contribution in [2.24, 2.45) is 5.41 Å². The molecule has 4 heterocycles. The van der Waals surface area contributed by atoms with Crippen LogP contribution < -0.4 is 0 Å².